The van der Waals surface area contributed by atoms with E-state index in [1.165, 1.54) is 51.4 Å². The fourth-order valence-corrected chi connectivity index (χ4v) is 3.12. The van der Waals surface area contributed by atoms with Gasteiger partial charge in [0.2, 0.25) is 0 Å². The van der Waals surface area contributed by atoms with E-state index in [0.29, 0.717) is 12.1 Å². The quantitative estimate of drug-likeness (QED) is 0.711. The van der Waals surface area contributed by atoms with Crippen molar-refractivity contribution in [2.24, 2.45) is 11.8 Å². The summed E-state index contributed by atoms with van der Waals surface area (Å²) in [4.78, 5) is 0. The molecule has 0 aromatic heterocycles. The lowest BCUT2D eigenvalue weighted by molar-refractivity contribution is -0.0127. The Morgan fingerprint density at radius 3 is 2.50 bits per heavy atom. The predicted molar refractivity (Wildman–Crippen MR) is 76.8 cm³/mol. The van der Waals surface area contributed by atoms with Gasteiger partial charge in [-0.1, -0.05) is 33.1 Å². The molecule has 0 amide bonds. The zero-order valence-corrected chi connectivity index (χ0v) is 12.3. The standard InChI is InChI=1S/C16H31NO/c1-3-10-17-15-8-7-13(4-2)12-16(15)18-11-9-14-5-6-14/h13-17H,3-12H2,1-2H3. The van der Waals surface area contributed by atoms with Crippen LogP contribution in [-0.4, -0.2) is 25.3 Å². The molecule has 0 radical (unpaired) electrons. The molecule has 2 rings (SSSR count). The molecule has 0 aliphatic heterocycles. The first-order valence-electron chi connectivity index (χ1n) is 8.18. The van der Waals surface area contributed by atoms with Crippen molar-refractivity contribution in [2.45, 2.75) is 77.4 Å². The van der Waals surface area contributed by atoms with Crippen LogP contribution in [0.3, 0.4) is 0 Å². The van der Waals surface area contributed by atoms with Crippen molar-refractivity contribution in [1.82, 2.24) is 5.32 Å². The third-order valence-electron chi connectivity index (χ3n) is 4.69. The average molecular weight is 253 g/mol. The summed E-state index contributed by atoms with van der Waals surface area (Å²) in [5, 5.41) is 3.69. The minimum Gasteiger partial charge on any atom is -0.377 e. The molecule has 2 heteroatoms. The van der Waals surface area contributed by atoms with Crippen LogP contribution in [0.1, 0.15) is 65.2 Å². The second-order valence-corrected chi connectivity index (χ2v) is 6.29. The molecule has 0 aromatic carbocycles. The molecule has 3 unspecified atom stereocenters. The van der Waals surface area contributed by atoms with Crippen molar-refractivity contribution in [1.29, 1.82) is 0 Å². The van der Waals surface area contributed by atoms with E-state index in [4.69, 9.17) is 4.74 Å². The minimum absolute atomic E-state index is 0.481. The lowest BCUT2D eigenvalue weighted by atomic mass is 9.82. The zero-order valence-electron chi connectivity index (χ0n) is 12.3. The van der Waals surface area contributed by atoms with Crippen molar-refractivity contribution in [3.63, 3.8) is 0 Å². The Kier molecular flexibility index (Phi) is 5.97. The first-order chi connectivity index (χ1) is 8.83. The van der Waals surface area contributed by atoms with E-state index in [2.05, 4.69) is 19.2 Å². The summed E-state index contributed by atoms with van der Waals surface area (Å²) in [5.74, 6) is 1.90. The molecular weight excluding hydrogens is 222 g/mol. The number of ether oxygens (including phenoxy) is 1. The van der Waals surface area contributed by atoms with Crippen molar-refractivity contribution in [2.75, 3.05) is 13.2 Å². The van der Waals surface area contributed by atoms with Gasteiger partial charge in [-0.3, -0.25) is 0 Å². The van der Waals surface area contributed by atoms with Gasteiger partial charge in [0.25, 0.3) is 0 Å². The van der Waals surface area contributed by atoms with E-state index in [9.17, 15) is 0 Å². The third kappa shape index (κ3) is 4.55. The smallest absolute Gasteiger partial charge is 0.0730 e. The Balaban J connectivity index is 1.74. The van der Waals surface area contributed by atoms with E-state index in [1.54, 1.807) is 0 Å². The van der Waals surface area contributed by atoms with Crippen LogP contribution in [0.4, 0.5) is 0 Å². The van der Waals surface area contributed by atoms with Crippen molar-refractivity contribution < 1.29 is 4.74 Å². The van der Waals surface area contributed by atoms with Crippen molar-refractivity contribution in [3.8, 4) is 0 Å². The first-order valence-corrected chi connectivity index (χ1v) is 8.18. The molecule has 2 aliphatic rings. The van der Waals surface area contributed by atoms with Crippen LogP contribution in [-0.2, 0) is 4.74 Å². The Hall–Kier alpha value is -0.0800. The largest absolute Gasteiger partial charge is 0.377 e. The van der Waals surface area contributed by atoms with Gasteiger partial charge in [-0.05, 0) is 50.5 Å². The van der Waals surface area contributed by atoms with Gasteiger partial charge in [0.15, 0.2) is 0 Å². The summed E-state index contributed by atoms with van der Waals surface area (Å²) in [5.41, 5.74) is 0. The van der Waals surface area contributed by atoms with Crippen LogP contribution in [0.15, 0.2) is 0 Å². The number of hydrogen-bond acceptors (Lipinski definition) is 2. The van der Waals surface area contributed by atoms with Crippen LogP contribution in [0.5, 0.6) is 0 Å². The summed E-state index contributed by atoms with van der Waals surface area (Å²) in [6.45, 7) is 6.71. The fraction of sp³-hybridized carbons (Fsp3) is 1.00. The summed E-state index contributed by atoms with van der Waals surface area (Å²) in [7, 11) is 0. The van der Waals surface area contributed by atoms with Crippen molar-refractivity contribution in [3.05, 3.63) is 0 Å². The van der Waals surface area contributed by atoms with E-state index >= 15 is 0 Å². The highest BCUT2D eigenvalue weighted by Crippen LogP contribution is 2.33. The molecule has 106 valence electrons. The van der Waals surface area contributed by atoms with Crippen LogP contribution in [0.25, 0.3) is 0 Å². The molecule has 18 heavy (non-hydrogen) atoms. The van der Waals surface area contributed by atoms with Crippen LogP contribution in [0, 0.1) is 11.8 Å². The molecule has 3 atom stereocenters. The SMILES string of the molecule is CCCNC1CCC(CC)CC1OCCC1CC1. The van der Waals surface area contributed by atoms with Gasteiger partial charge in [-0.2, -0.15) is 0 Å². The second kappa shape index (κ2) is 7.49. The maximum Gasteiger partial charge on any atom is 0.0730 e. The Bertz CT molecular complexity index is 227. The highest BCUT2D eigenvalue weighted by atomic mass is 16.5. The lowest BCUT2D eigenvalue weighted by Crippen LogP contribution is -2.46. The molecule has 1 N–H and O–H groups in total. The molecule has 2 fully saturated rings. The fourth-order valence-electron chi connectivity index (χ4n) is 3.12. The van der Waals surface area contributed by atoms with Crippen LogP contribution < -0.4 is 5.32 Å². The van der Waals surface area contributed by atoms with Gasteiger partial charge in [0, 0.05) is 12.6 Å². The zero-order chi connectivity index (χ0) is 12.8. The number of nitrogens with one attached hydrogen (secondary N) is 1. The molecular formula is C16H31NO. The number of rotatable bonds is 8. The summed E-state index contributed by atoms with van der Waals surface area (Å²) in [6, 6.07) is 0.618. The van der Waals surface area contributed by atoms with Gasteiger partial charge in [-0.15, -0.1) is 0 Å². The van der Waals surface area contributed by atoms with Gasteiger partial charge in [0.1, 0.15) is 0 Å². The van der Waals surface area contributed by atoms with Gasteiger partial charge >= 0.3 is 0 Å². The highest BCUT2D eigenvalue weighted by molar-refractivity contribution is 4.85. The number of hydrogen-bond donors (Lipinski definition) is 1. The molecule has 2 saturated carbocycles. The van der Waals surface area contributed by atoms with E-state index in [-0.39, 0.29) is 0 Å². The van der Waals surface area contributed by atoms with E-state index in [0.717, 1.165) is 25.0 Å². The Labute approximate surface area is 113 Å². The summed E-state index contributed by atoms with van der Waals surface area (Å²) < 4.78 is 6.21. The molecule has 0 spiro atoms. The molecule has 0 saturated heterocycles. The lowest BCUT2D eigenvalue weighted by Gasteiger charge is -2.36. The van der Waals surface area contributed by atoms with Crippen LogP contribution >= 0.6 is 0 Å². The Morgan fingerprint density at radius 2 is 1.83 bits per heavy atom. The normalized spacial score (nSPS) is 32.7. The average Bonchev–Trinajstić information content (AvgIpc) is 3.21. The molecule has 0 heterocycles. The van der Waals surface area contributed by atoms with Crippen molar-refractivity contribution >= 4 is 0 Å². The monoisotopic (exact) mass is 253 g/mol. The maximum absolute atomic E-state index is 6.21. The molecule has 0 aromatic rings. The Morgan fingerprint density at radius 1 is 1.06 bits per heavy atom. The summed E-state index contributed by atoms with van der Waals surface area (Å²) >= 11 is 0. The minimum atomic E-state index is 0.481. The summed E-state index contributed by atoms with van der Waals surface area (Å²) in [6.07, 6.45) is 11.2. The first kappa shape index (κ1) is 14.3. The highest BCUT2D eigenvalue weighted by Gasteiger charge is 2.30. The van der Waals surface area contributed by atoms with Gasteiger partial charge in [-0.25, -0.2) is 0 Å². The van der Waals surface area contributed by atoms with Crippen LogP contribution in [0.2, 0.25) is 0 Å². The van der Waals surface area contributed by atoms with Gasteiger partial charge in [0.05, 0.1) is 6.10 Å². The second-order valence-electron chi connectivity index (χ2n) is 6.29. The molecule has 0 bridgehead atoms. The molecule has 2 aliphatic carbocycles. The third-order valence-corrected chi connectivity index (χ3v) is 4.69. The van der Waals surface area contributed by atoms with Gasteiger partial charge < -0.3 is 10.1 Å². The van der Waals surface area contributed by atoms with E-state index < -0.39 is 0 Å². The predicted octanol–water partition coefficient (Wildman–Crippen LogP) is 3.75. The maximum atomic E-state index is 6.21. The topological polar surface area (TPSA) is 21.3 Å². The molecule has 2 nitrogen and oxygen atoms in total. The van der Waals surface area contributed by atoms with E-state index in [1.807, 2.05) is 0 Å².